The van der Waals surface area contributed by atoms with Crippen LogP contribution in [-0.4, -0.2) is 122 Å². The lowest BCUT2D eigenvalue weighted by Crippen LogP contribution is -2.56. The molecule has 2 aromatic rings. The highest BCUT2D eigenvalue weighted by Crippen LogP contribution is 2.52. The number of Topliss-reactive ketones (excluding diaryl/α,β-unsaturated/α-hetero) is 1. The molecule has 19 nitrogen and oxygen atoms in total. The number of phenolic OH excluding ortho intramolecular Hbond substituents is 2. The average Bonchev–Trinajstić information content (AvgIpc) is 3.54. The van der Waals surface area contributed by atoms with E-state index in [4.69, 9.17) is 23.8 Å². The number of nitrogens with zero attached hydrogens (tertiary/aromatic N) is 1. The summed E-state index contributed by atoms with van der Waals surface area (Å²) in [5.41, 5.74) is -5.43. The number of aliphatic hydroxyl groups excluding tert-OH is 2. The van der Waals surface area contributed by atoms with Gasteiger partial charge in [0.15, 0.2) is 17.9 Å². The molecule has 2 saturated heterocycles. The zero-order valence-corrected chi connectivity index (χ0v) is 33.5. The Labute approximate surface area is 348 Å². The van der Waals surface area contributed by atoms with Gasteiger partial charge in [-0.3, -0.25) is 24.0 Å². The second kappa shape index (κ2) is 16.6. The first-order valence-corrected chi connectivity index (χ1v) is 19.9. The number of ether oxygens (including phenoxy) is 4. The summed E-state index contributed by atoms with van der Waals surface area (Å²) >= 11 is 0. The van der Waals surface area contributed by atoms with E-state index in [1.807, 2.05) is 0 Å². The van der Waals surface area contributed by atoms with Crippen LogP contribution in [-0.2, 0) is 44.6 Å². The summed E-state index contributed by atoms with van der Waals surface area (Å²) in [7, 11) is 1.29. The molecule has 0 bridgehead atoms. The Morgan fingerprint density at radius 2 is 1.70 bits per heavy atom. The van der Waals surface area contributed by atoms with Gasteiger partial charge >= 0.3 is 12.1 Å². The van der Waals surface area contributed by atoms with Crippen molar-refractivity contribution in [2.45, 2.75) is 114 Å². The summed E-state index contributed by atoms with van der Waals surface area (Å²) in [6.07, 6.45) is -4.27. The third kappa shape index (κ3) is 7.87. The number of alkyl carbamates (subject to hydrolysis) is 1. The van der Waals surface area contributed by atoms with Crippen molar-refractivity contribution >= 4 is 41.2 Å². The molecule has 2 aliphatic heterocycles. The fourth-order valence-electron chi connectivity index (χ4n) is 8.67. The monoisotopic (exact) mass is 850 g/mol. The zero-order chi connectivity index (χ0) is 44.1. The van der Waals surface area contributed by atoms with Gasteiger partial charge in [-0.25, -0.2) is 9.59 Å². The van der Waals surface area contributed by atoms with Crippen LogP contribution in [0.15, 0.2) is 30.4 Å². The minimum atomic E-state index is -2.39. The maximum atomic E-state index is 14.0. The van der Waals surface area contributed by atoms with Crippen molar-refractivity contribution < 1.29 is 82.9 Å². The van der Waals surface area contributed by atoms with Crippen LogP contribution >= 0.6 is 0 Å². The van der Waals surface area contributed by atoms with Gasteiger partial charge in [0.25, 0.3) is 11.8 Å². The van der Waals surface area contributed by atoms with Gasteiger partial charge < -0.3 is 54.6 Å². The Bertz CT molecular complexity index is 2220. The van der Waals surface area contributed by atoms with Crippen molar-refractivity contribution in [1.29, 1.82) is 0 Å². The fraction of sp³-hybridized carbons (Fsp3) is 0.500. The topological polar surface area (TPSA) is 282 Å². The summed E-state index contributed by atoms with van der Waals surface area (Å²) in [6, 6.07) is 3.17. The van der Waals surface area contributed by atoms with E-state index in [1.54, 1.807) is 19.1 Å². The number of amides is 3. The highest BCUT2D eigenvalue weighted by Gasteiger charge is 2.51. The number of benzene rings is 2. The van der Waals surface area contributed by atoms with Crippen molar-refractivity contribution in [2.75, 3.05) is 13.7 Å². The number of carbonyl (C=O) groups excluding carboxylic acids is 7. The SMILES string of the molecule is COc1cccc2c1C(=O)c1c(O)c3c(c(O)c1C2=O)C[C@@](O)(C(=O)CO)CC3O[C@H]1C[C@@H](NC(=O)O[C@@H]2/C=C/CC[C@](C)(C(=O)ON3C(=O)CCC3=O)CC2)[C@H](O)C(C)O1. The molecule has 2 fully saturated rings. The molecule has 0 radical (unpaired) electrons. The van der Waals surface area contributed by atoms with Gasteiger partial charge in [-0.2, -0.15) is 0 Å². The predicted molar refractivity (Wildman–Crippen MR) is 204 cm³/mol. The molecule has 3 amide bonds. The number of carbonyl (C=O) groups is 7. The van der Waals surface area contributed by atoms with Crippen LogP contribution in [0.25, 0.3) is 0 Å². The summed E-state index contributed by atoms with van der Waals surface area (Å²) in [5, 5.41) is 59.0. The third-order valence-corrected chi connectivity index (χ3v) is 12.2. The number of allylic oxidation sites excluding steroid dienone is 1. The van der Waals surface area contributed by atoms with Crippen LogP contribution in [0.2, 0.25) is 0 Å². The van der Waals surface area contributed by atoms with Crippen molar-refractivity contribution in [3.8, 4) is 17.2 Å². The molecule has 2 unspecified atom stereocenters. The molecule has 61 heavy (non-hydrogen) atoms. The lowest BCUT2D eigenvalue weighted by molar-refractivity contribution is -0.249. The normalized spacial score (nSPS) is 30.3. The second-order valence-corrected chi connectivity index (χ2v) is 16.2. The number of rotatable bonds is 9. The number of hydrogen-bond acceptors (Lipinski definition) is 17. The summed E-state index contributed by atoms with van der Waals surface area (Å²) in [5.74, 6) is -6.26. The van der Waals surface area contributed by atoms with E-state index in [0.717, 1.165) is 0 Å². The zero-order valence-electron chi connectivity index (χ0n) is 33.5. The molecule has 0 spiro atoms. The molecule has 326 valence electrons. The Morgan fingerprint density at radius 3 is 2.39 bits per heavy atom. The molecule has 8 atom stereocenters. The standard InChI is InChI=1S/C42H46N2O17/c1-19-34(49)23(43-40(55)59-20-7-4-5-13-41(2,14-12-20)39(54)61-44-27(47)10-11-28(44)48)15-29(58-19)60-25-17-42(56,26(46)18-45)16-22-31(25)38(53)33-32(36(22)51)35(50)21-8-6-9-24(57-3)30(21)37(33)52/h4,6-9,19-20,23,25,29,34,45,49,51,53,56H,5,10-18H2,1-3H3,(H,43,55)/b7-4+/t19?,20-,23-,25?,29+,34-,41+,42+/m1/s1. The molecule has 19 heteroatoms. The van der Waals surface area contributed by atoms with E-state index in [-0.39, 0.29) is 60.1 Å². The number of hydroxylamine groups is 2. The number of fused-ring (bicyclic) bond motifs is 3. The Hall–Kier alpha value is -5.73. The maximum Gasteiger partial charge on any atom is 0.408 e. The number of nitrogens with one attached hydrogen (secondary N) is 1. The number of methoxy groups -OCH3 is 1. The Morgan fingerprint density at radius 1 is 1.00 bits per heavy atom. The minimum Gasteiger partial charge on any atom is -0.507 e. The summed E-state index contributed by atoms with van der Waals surface area (Å²) < 4.78 is 23.1. The Kier molecular flexibility index (Phi) is 11.8. The van der Waals surface area contributed by atoms with Gasteiger partial charge in [0.1, 0.15) is 41.7 Å². The lowest BCUT2D eigenvalue weighted by atomic mass is 9.72. The molecular formula is C42H46N2O17. The molecule has 0 saturated carbocycles. The molecule has 3 aliphatic carbocycles. The first kappa shape index (κ1) is 43.4. The van der Waals surface area contributed by atoms with Crippen LogP contribution in [0, 0.1) is 5.41 Å². The smallest absolute Gasteiger partial charge is 0.408 e. The number of hydrogen-bond donors (Lipinski definition) is 6. The van der Waals surface area contributed by atoms with E-state index >= 15 is 0 Å². The molecule has 0 aromatic heterocycles. The van der Waals surface area contributed by atoms with E-state index in [9.17, 15) is 59.1 Å². The fourth-order valence-corrected chi connectivity index (χ4v) is 8.67. The van der Waals surface area contributed by atoms with Crippen molar-refractivity contribution in [3.63, 3.8) is 0 Å². The molecule has 7 rings (SSSR count). The van der Waals surface area contributed by atoms with E-state index in [1.165, 1.54) is 32.2 Å². The summed E-state index contributed by atoms with van der Waals surface area (Å²) in [4.78, 5) is 96.5. The van der Waals surface area contributed by atoms with Crippen LogP contribution in [0.3, 0.4) is 0 Å². The number of ketones is 3. The third-order valence-electron chi connectivity index (χ3n) is 12.2. The van der Waals surface area contributed by atoms with Crippen LogP contribution < -0.4 is 10.1 Å². The van der Waals surface area contributed by atoms with Gasteiger partial charge in [-0.15, -0.1) is 5.06 Å². The average molecular weight is 851 g/mol. The van der Waals surface area contributed by atoms with Gasteiger partial charge in [0.2, 0.25) is 5.78 Å². The number of aromatic hydroxyl groups is 2. The van der Waals surface area contributed by atoms with Gasteiger partial charge in [0.05, 0.1) is 47.5 Å². The number of aliphatic hydroxyl groups is 3. The predicted octanol–water partition coefficient (Wildman–Crippen LogP) is 1.88. The van der Waals surface area contributed by atoms with E-state index < -0.39 is 131 Å². The molecular weight excluding hydrogens is 804 g/mol. The molecule has 6 N–H and O–H groups in total. The van der Waals surface area contributed by atoms with Gasteiger partial charge in [-0.05, 0) is 51.7 Å². The van der Waals surface area contributed by atoms with E-state index in [2.05, 4.69) is 5.32 Å². The molecule has 2 aromatic carbocycles. The van der Waals surface area contributed by atoms with Gasteiger partial charge in [0, 0.05) is 48.8 Å². The number of phenols is 2. The maximum absolute atomic E-state index is 14.0. The minimum absolute atomic E-state index is 0.0354. The van der Waals surface area contributed by atoms with Crippen molar-refractivity contribution in [3.05, 3.63) is 63.7 Å². The first-order chi connectivity index (χ1) is 28.9. The van der Waals surface area contributed by atoms with Crippen LogP contribution in [0.4, 0.5) is 4.79 Å². The highest BCUT2D eigenvalue weighted by atomic mass is 16.7. The molecule has 5 aliphatic rings. The first-order valence-electron chi connectivity index (χ1n) is 19.9. The quantitative estimate of drug-likeness (QED) is 0.102. The van der Waals surface area contributed by atoms with Crippen molar-refractivity contribution in [2.24, 2.45) is 5.41 Å². The Balaban J connectivity index is 1.10. The van der Waals surface area contributed by atoms with Crippen molar-refractivity contribution in [1.82, 2.24) is 10.4 Å². The van der Waals surface area contributed by atoms with E-state index in [0.29, 0.717) is 17.9 Å². The van der Waals surface area contributed by atoms with Crippen LogP contribution in [0.1, 0.15) is 114 Å². The molecule has 2 heterocycles. The highest BCUT2D eigenvalue weighted by molar-refractivity contribution is 6.31. The second-order valence-electron chi connectivity index (χ2n) is 16.2. The summed E-state index contributed by atoms with van der Waals surface area (Å²) in [6.45, 7) is 2.00. The van der Waals surface area contributed by atoms with Gasteiger partial charge in [-0.1, -0.05) is 18.2 Å². The number of imide groups is 1. The largest absolute Gasteiger partial charge is 0.507 e. The van der Waals surface area contributed by atoms with Crippen LogP contribution in [0.5, 0.6) is 17.2 Å². The lowest BCUT2D eigenvalue weighted by Gasteiger charge is -2.42.